The molecule has 0 aliphatic rings. The van der Waals surface area contributed by atoms with Crippen LogP contribution in [0.25, 0.3) is 0 Å². The molecule has 0 spiro atoms. The number of carbonyl (C=O) groups excluding carboxylic acids is 2. The van der Waals surface area contributed by atoms with Crippen LogP contribution >= 0.6 is 0 Å². The van der Waals surface area contributed by atoms with Gasteiger partial charge in [0.25, 0.3) is 5.91 Å². The maximum atomic E-state index is 12.5. The Labute approximate surface area is 147 Å². The van der Waals surface area contributed by atoms with Crippen LogP contribution in [-0.2, 0) is 20.4 Å². The van der Waals surface area contributed by atoms with E-state index in [-0.39, 0.29) is 11.5 Å². The molecule has 0 saturated carbocycles. The lowest BCUT2D eigenvalue weighted by Crippen LogP contribution is -2.35. The topological polar surface area (TPSA) is 71.5 Å². The first-order valence-electron chi connectivity index (χ1n) is 7.61. The molecule has 0 radical (unpaired) electrons. The zero-order valence-electron chi connectivity index (χ0n) is 13.9. The third-order valence-corrected chi connectivity index (χ3v) is 5.01. The second-order valence-corrected chi connectivity index (χ2v) is 7.61. The Hall–Kier alpha value is -2.73. The number of sulfone groups is 1. The number of rotatable bonds is 7. The van der Waals surface area contributed by atoms with Gasteiger partial charge in [0, 0.05) is 11.3 Å². The zero-order valence-corrected chi connectivity index (χ0v) is 14.7. The summed E-state index contributed by atoms with van der Waals surface area (Å²) in [6, 6.07) is 15.0. The largest absolute Gasteiger partial charge is 0.295 e. The lowest BCUT2D eigenvalue weighted by atomic mass is 10.1. The normalized spacial score (nSPS) is 10.9. The van der Waals surface area contributed by atoms with E-state index in [9.17, 15) is 18.0 Å². The second kappa shape index (κ2) is 7.90. The van der Waals surface area contributed by atoms with E-state index in [1.165, 1.54) is 6.92 Å². The highest BCUT2D eigenvalue weighted by Gasteiger charge is 2.22. The van der Waals surface area contributed by atoms with Crippen LogP contribution in [0, 0.1) is 0 Å². The minimum Gasteiger partial charge on any atom is -0.295 e. The van der Waals surface area contributed by atoms with Gasteiger partial charge >= 0.3 is 0 Å². The molecule has 0 aliphatic heterocycles. The van der Waals surface area contributed by atoms with Crippen molar-refractivity contribution in [1.82, 2.24) is 0 Å². The lowest BCUT2D eigenvalue weighted by molar-refractivity contribution is -0.114. The summed E-state index contributed by atoms with van der Waals surface area (Å²) in [6.45, 7) is 4.86. The summed E-state index contributed by atoms with van der Waals surface area (Å²) in [5.41, 5.74) is 1.54. The fraction of sp³-hybridized carbons (Fsp3) is 0.158. The maximum Gasteiger partial charge on any atom is 0.251 e. The van der Waals surface area contributed by atoms with Gasteiger partial charge in [-0.2, -0.15) is 0 Å². The number of hydrogen-bond acceptors (Lipinski definition) is 4. The molecule has 2 rings (SSSR count). The Morgan fingerprint density at radius 2 is 1.64 bits per heavy atom. The van der Waals surface area contributed by atoms with Gasteiger partial charge in [-0.15, -0.1) is 0 Å². The van der Waals surface area contributed by atoms with Crippen LogP contribution in [0.4, 0.5) is 5.69 Å². The quantitative estimate of drug-likeness (QED) is 0.564. The van der Waals surface area contributed by atoms with Crippen LogP contribution in [0.1, 0.15) is 22.8 Å². The highest BCUT2D eigenvalue weighted by Crippen LogP contribution is 2.19. The number of ketones is 1. The van der Waals surface area contributed by atoms with Crippen LogP contribution in [0.15, 0.2) is 67.3 Å². The SMILES string of the molecule is C=CC(=O)N(CS(=O)(=O)Cc1ccccc1)c1ccc(C(C)=O)cc1. The summed E-state index contributed by atoms with van der Waals surface area (Å²) in [6.07, 6.45) is 1.07. The smallest absolute Gasteiger partial charge is 0.251 e. The standard InChI is InChI=1S/C19H19NO4S/c1-3-19(22)20(18-11-9-17(10-12-18)15(2)21)14-25(23,24)13-16-7-5-4-6-8-16/h3-12H,1,13-14H2,2H3. The van der Waals surface area contributed by atoms with Gasteiger partial charge in [0.15, 0.2) is 15.6 Å². The first-order valence-corrected chi connectivity index (χ1v) is 9.44. The van der Waals surface area contributed by atoms with Crippen molar-refractivity contribution >= 4 is 27.2 Å². The number of carbonyl (C=O) groups is 2. The van der Waals surface area contributed by atoms with Crippen LogP contribution in [-0.4, -0.2) is 26.0 Å². The number of anilines is 1. The first-order chi connectivity index (χ1) is 11.8. The van der Waals surface area contributed by atoms with Gasteiger partial charge in [-0.25, -0.2) is 8.42 Å². The molecule has 2 aromatic rings. The molecule has 6 heteroatoms. The zero-order chi connectivity index (χ0) is 18.4. The second-order valence-electron chi connectivity index (χ2n) is 5.58. The van der Waals surface area contributed by atoms with E-state index in [1.54, 1.807) is 54.6 Å². The van der Waals surface area contributed by atoms with Crippen LogP contribution in [0.3, 0.4) is 0 Å². The molecule has 0 saturated heterocycles. The molecular formula is C19H19NO4S. The van der Waals surface area contributed by atoms with Gasteiger partial charge in [-0.3, -0.25) is 14.5 Å². The van der Waals surface area contributed by atoms with Crippen LogP contribution in [0.5, 0.6) is 0 Å². The summed E-state index contributed by atoms with van der Waals surface area (Å²) in [7, 11) is -3.57. The first kappa shape index (κ1) is 18.6. The van der Waals surface area contributed by atoms with E-state index >= 15 is 0 Å². The van der Waals surface area contributed by atoms with Gasteiger partial charge in [0.1, 0.15) is 5.88 Å². The van der Waals surface area contributed by atoms with E-state index in [0.29, 0.717) is 16.8 Å². The molecule has 0 aliphatic carbocycles. The molecular weight excluding hydrogens is 338 g/mol. The number of hydrogen-bond donors (Lipinski definition) is 0. The minimum absolute atomic E-state index is 0.107. The highest BCUT2D eigenvalue weighted by atomic mass is 32.2. The predicted octanol–water partition coefficient (Wildman–Crippen LogP) is 2.98. The van der Waals surface area contributed by atoms with Gasteiger partial charge in [0.05, 0.1) is 5.75 Å². The summed E-state index contributed by atoms with van der Waals surface area (Å²) in [5, 5.41) is 0. The van der Waals surface area contributed by atoms with E-state index < -0.39 is 21.6 Å². The molecule has 0 N–H and O–H groups in total. The predicted molar refractivity (Wildman–Crippen MR) is 98.1 cm³/mol. The van der Waals surface area contributed by atoms with E-state index in [1.807, 2.05) is 0 Å². The van der Waals surface area contributed by atoms with E-state index in [2.05, 4.69) is 6.58 Å². The lowest BCUT2D eigenvalue weighted by Gasteiger charge is -2.21. The van der Waals surface area contributed by atoms with Gasteiger partial charge < -0.3 is 0 Å². The number of benzene rings is 2. The van der Waals surface area contributed by atoms with Gasteiger partial charge in [0.2, 0.25) is 0 Å². The van der Waals surface area contributed by atoms with Crippen LogP contribution in [0.2, 0.25) is 0 Å². The maximum absolute atomic E-state index is 12.5. The molecule has 0 bridgehead atoms. The van der Waals surface area contributed by atoms with E-state index in [4.69, 9.17) is 0 Å². The molecule has 0 aromatic heterocycles. The van der Waals surface area contributed by atoms with Crippen molar-refractivity contribution in [2.24, 2.45) is 0 Å². The van der Waals surface area contributed by atoms with Gasteiger partial charge in [-0.1, -0.05) is 36.9 Å². The Morgan fingerprint density at radius 3 is 2.16 bits per heavy atom. The Kier molecular flexibility index (Phi) is 5.88. The van der Waals surface area contributed by atoms with Crippen molar-refractivity contribution in [3.05, 3.63) is 78.4 Å². The van der Waals surface area contributed by atoms with Crippen molar-refractivity contribution in [2.45, 2.75) is 12.7 Å². The molecule has 0 unspecified atom stereocenters. The van der Waals surface area contributed by atoms with E-state index in [0.717, 1.165) is 11.0 Å². The fourth-order valence-electron chi connectivity index (χ4n) is 2.32. The molecule has 0 atom stereocenters. The summed E-state index contributed by atoms with van der Waals surface area (Å²) >= 11 is 0. The average Bonchev–Trinajstić information content (AvgIpc) is 2.59. The van der Waals surface area contributed by atoms with Crippen molar-refractivity contribution in [3.63, 3.8) is 0 Å². The number of nitrogens with zero attached hydrogens (tertiary/aromatic N) is 1. The third kappa shape index (κ3) is 5.12. The summed E-state index contributed by atoms with van der Waals surface area (Å²) in [5.74, 6) is -1.26. The Balaban J connectivity index is 2.27. The van der Waals surface area contributed by atoms with Crippen molar-refractivity contribution in [1.29, 1.82) is 0 Å². The minimum atomic E-state index is -3.57. The van der Waals surface area contributed by atoms with Crippen LogP contribution < -0.4 is 4.90 Å². The summed E-state index contributed by atoms with van der Waals surface area (Å²) < 4.78 is 25.0. The molecule has 0 heterocycles. The van der Waals surface area contributed by atoms with Gasteiger partial charge in [-0.05, 0) is 42.8 Å². The molecule has 1 amide bonds. The number of Topliss-reactive ketones (excluding diaryl/α,β-unsaturated/α-hetero) is 1. The monoisotopic (exact) mass is 357 g/mol. The molecule has 5 nitrogen and oxygen atoms in total. The Bertz CT molecular complexity index is 871. The van der Waals surface area contributed by atoms with Crippen molar-refractivity contribution in [3.8, 4) is 0 Å². The Morgan fingerprint density at radius 1 is 1.04 bits per heavy atom. The van der Waals surface area contributed by atoms with Crippen molar-refractivity contribution < 1.29 is 18.0 Å². The third-order valence-electron chi connectivity index (χ3n) is 3.58. The molecule has 130 valence electrons. The summed E-state index contributed by atoms with van der Waals surface area (Å²) in [4.78, 5) is 24.6. The molecule has 0 fully saturated rings. The highest BCUT2D eigenvalue weighted by molar-refractivity contribution is 7.90. The molecule has 25 heavy (non-hydrogen) atoms. The average molecular weight is 357 g/mol. The fourth-order valence-corrected chi connectivity index (χ4v) is 3.78. The number of amides is 1. The van der Waals surface area contributed by atoms with Crippen molar-refractivity contribution in [2.75, 3.05) is 10.8 Å². The molecule has 2 aromatic carbocycles.